The molecule has 9 heteroatoms. The molecule has 0 saturated carbocycles. The number of hydrogen-bond acceptors (Lipinski definition) is 6. The number of thiophene rings is 1. The first-order chi connectivity index (χ1) is 17.2. The maximum absolute atomic E-state index is 13.7. The average molecular weight is 525 g/mol. The standard InChI is InChI=1S/C27H32N4O3S2/c1-18-5-7-20(8-6-18)31-26-23(25(28-31)27(2,3)4)24(19-9-14-35-16-19)36-17-22(33)30(26)15-21(32)29-10-12-34-13-11-29/h5-9,14,16,24H,10-13,15,17H2,1-4H3/t24-/m0/s1. The predicted octanol–water partition coefficient (Wildman–Crippen LogP) is 4.57. The molecule has 1 fully saturated rings. The van der Waals surface area contributed by atoms with Gasteiger partial charge in [-0.3, -0.25) is 14.5 Å². The van der Waals surface area contributed by atoms with Crippen molar-refractivity contribution in [2.24, 2.45) is 0 Å². The number of hydrogen-bond donors (Lipinski definition) is 0. The van der Waals surface area contributed by atoms with Crippen molar-refractivity contribution in [3.8, 4) is 5.69 Å². The number of anilines is 1. The molecule has 2 amide bonds. The quantitative estimate of drug-likeness (QED) is 0.500. The highest BCUT2D eigenvalue weighted by Gasteiger charge is 2.40. The van der Waals surface area contributed by atoms with E-state index in [0.29, 0.717) is 37.9 Å². The Kier molecular flexibility index (Phi) is 6.98. The van der Waals surface area contributed by atoms with Crippen LogP contribution < -0.4 is 4.90 Å². The maximum Gasteiger partial charge on any atom is 0.242 e. The van der Waals surface area contributed by atoms with Crippen LogP contribution in [0.1, 0.15) is 48.4 Å². The number of carbonyl (C=O) groups is 2. The van der Waals surface area contributed by atoms with Gasteiger partial charge in [-0.05, 0) is 41.4 Å². The highest BCUT2D eigenvalue weighted by molar-refractivity contribution is 8.00. The van der Waals surface area contributed by atoms with Crippen molar-refractivity contribution in [3.63, 3.8) is 0 Å². The second-order valence-corrected chi connectivity index (χ2v) is 12.2. The van der Waals surface area contributed by atoms with E-state index in [4.69, 9.17) is 9.84 Å². The van der Waals surface area contributed by atoms with E-state index < -0.39 is 0 Å². The largest absolute Gasteiger partial charge is 0.378 e. The first-order valence-corrected chi connectivity index (χ1v) is 14.2. The zero-order valence-corrected chi connectivity index (χ0v) is 22.8. The van der Waals surface area contributed by atoms with Crippen LogP contribution in [-0.4, -0.2) is 65.1 Å². The van der Waals surface area contributed by atoms with Crippen molar-refractivity contribution in [1.29, 1.82) is 0 Å². The minimum absolute atomic E-state index is 0.0100. The molecule has 0 bridgehead atoms. The highest BCUT2D eigenvalue weighted by Crippen LogP contribution is 2.48. The van der Waals surface area contributed by atoms with E-state index in [0.717, 1.165) is 28.1 Å². The molecule has 36 heavy (non-hydrogen) atoms. The van der Waals surface area contributed by atoms with Crippen LogP contribution in [0.3, 0.4) is 0 Å². The van der Waals surface area contributed by atoms with Gasteiger partial charge in [0.05, 0.1) is 35.6 Å². The van der Waals surface area contributed by atoms with Crippen LogP contribution in [0.25, 0.3) is 5.69 Å². The third-order valence-corrected chi connectivity index (χ3v) is 8.54. The molecule has 5 rings (SSSR count). The Bertz CT molecular complexity index is 1240. The fourth-order valence-corrected chi connectivity index (χ4v) is 6.63. The Labute approximate surface area is 220 Å². The van der Waals surface area contributed by atoms with Crippen LogP contribution >= 0.6 is 23.1 Å². The monoisotopic (exact) mass is 524 g/mol. The smallest absolute Gasteiger partial charge is 0.242 e. The van der Waals surface area contributed by atoms with E-state index in [2.05, 4.69) is 37.6 Å². The van der Waals surface area contributed by atoms with Crippen LogP contribution in [-0.2, 0) is 19.7 Å². The van der Waals surface area contributed by atoms with E-state index in [9.17, 15) is 9.59 Å². The van der Waals surface area contributed by atoms with Gasteiger partial charge in [-0.15, -0.1) is 11.8 Å². The maximum atomic E-state index is 13.7. The number of morpholine rings is 1. The van der Waals surface area contributed by atoms with Crippen LogP contribution in [0.5, 0.6) is 0 Å². The molecule has 0 aliphatic carbocycles. The fourth-order valence-electron chi connectivity index (χ4n) is 4.67. The lowest BCUT2D eigenvalue weighted by Crippen LogP contribution is -2.48. The van der Waals surface area contributed by atoms with Crippen molar-refractivity contribution in [1.82, 2.24) is 14.7 Å². The SMILES string of the molecule is Cc1ccc(-n2nc(C(C)(C)C)c3c2N(CC(=O)N2CCOCC2)C(=O)CS[C@H]3c2ccsc2)cc1. The molecule has 4 heterocycles. The Hall–Kier alpha value is -2.62. The molecule has 1 aromatic carbocycles. The van der Waals surface area contributed by atoms with E-state index in [1.165, 1.54) is 0 Å². The molecule has 0 unspecified atom stereocenters. The van der Waals surface area contributed by atoms with Crippen molar-refractivity contribution in [2.75, 3.05) is 43.5 Å². The summed E-state index contributed by atoms with van der Waals surface area (Å²) >= 11 is 3.27. The van der Waals surface area contributed by atoms with Crippen molar-refractivity contribution < 1.29 is 14.3 Å². The molecule has 0 radical (unpaired) electrons. The number of rotatable bonds is 4. The van der Waals surface area contributed by atoms with Crippen LogP contribution in [0.4, 0.5) is 5.82 Å². The lowest BCUT2D eigenvalue weighted by molar-refractivity contribution is -0.134. The van der Waals surface area contributed by atoms with Gasteiger partial charge in [0.25, 0.3) is 0 Å². The molecule has 190 valence electrons. The van der Waals surface area contributed by atoms with Gasteiger partial charge in [0.15, 0.2) is 0 Å². The summed E-state index contributed by atoms with van der Waals surface area (Å²) < 4.78 is 7.31. The van der Waals surface area contributed by atoms with Gasteiger partial charge in [0, 0.05) is 24.1 Å². The number of ether oxygens (including phenoxy) is 1. The Balaban J connectivity index is 1.70. The zero-order chi connectivity index (χ0) is 25.4. The third kappa shape index (κ3) is 4.84. The molecule has 0 spiro atoms. The fraction of sp³-hybridized carbons (Fsp3) is 0.444. The normalized spacial score (nSPS) is 18.8. The Morgan fingerprint density at radius 2 is 1.86 bits per heavy atom. The molecular formula is C27H32N4O3S2. The molecule has 0 N–H and O–H groups in total. The summed E-state index contributed by atoms with van der Waals surface area (Å²) in [5.74, 6) is 0.861. The van der Waals surface area contributed by atoms with Crippen molar-refractivity contribution in [2.45, 2.75) is 38.4 Å². The van der Waals surface area contributed by atoms with Crippen molar-refractivity contribution in [3.05, 3.63) is 63.5 Å². The number of nitrogens with zero attached hydrogens (tertiary/aromatic N) is 4. The Morgan fingerprint density at radius 1 is 1.14 bits per heavy atom. The number of thioether (sulfide) groups is 1. The number of aryl methyl sites for hydroxylation is 1. The lowest BCUT2D eigenvalue weighted by Gasteiger charge is -2.30. The molecule has 2 aromatic heterocycles. The molecule has 2 aliphatic heterocycles. The van der Waals surface area contributed by atoms with E-state index in [1.54, 1.807) is 32.9 Å². The summed E-state index contributed by atoms with van der Waals surface area (Å²) in [4.78, 5) is 30.5. The van der Waals surface area contributed by atoms with Crippen LogP contribution in [0.2, 0.25) is 0 Å². The molecule has 7 nitrogen and oxygen atoms in total. The molecule has 1 saturated heterocycles. The Morgan fingerprint density at radius 3 is 2.50 bits per heavy atom. The van der Waals surface area contributed by atoms with Crippen molar-refractivity contribution >= 4 is 40.7 Å². The first-order valence-electron chi connectivity index (χ1n) is 12.2. The molecule has 2 aliphatic rings. The van der Waals surface area contributed by atoms with E-state index in [-0.39, 0.29) is 29.0 Å². The number of amides is 2. The van der Waals surface area contributed by atoms with Gasteiger partial charge in [0.2, 0.25) is 11.8 Å². The number of benzene rings is 1. The van der Waals surface area contributed by atoms with E-state index in [1.807, 2.05) is 35.9 Å². The molecule has 1 atom stereocenters. The number of aromatic nitrogens is 2. The summed E-state index contributed by atoms with van der Waals surface area (Å²) in [6.07, 6.45) is 0. The topological polar surface area (TPSA) is 67.7 Å². The minimum atomic E-state index is -0.262. The average Bonchev–Trinajstić information content (AvgIpc) is 3.50. The van der Waals surface area contributed by atoms with Crippen LogP contribution in [0, 0.1) is 6.92 Å². The van der Waals surface area contributed by atoms with E-state index >= 15 is 0 Å². The minimum Gasteiger partial charge on any atom is -0.378 e. The summed E-state index contributed by atoms with van der Waals surface area (Å²) in [6, 6.07) is 10.3. The van der Waals surface area contributed by atoms with Crippen LogP contribution in [0.15, 0.2) is 41.1 Å². The van der Waals surface area contributed by atoms with Gasteiger partial charge < -0.3 is 9.64 Å². The summed E-state index contributed by atoms with van der Waals surface area (Å²) in [5, 5.41) is 9.31. The van der Waals surface area contributed by atoms with Gasteiger partial charge in [-0.2, -0.15) is 16.4 Å². The third-order valence-electron chi connectivity index (χ3n) is 6.58. The number of carbonyl (C=O) groups excluding carboxylic acids is 2. The highest BCUT2D eigenvalue weighted by atomic mass is 32.2. The predicted molar refractivity (Wildman–Crippen MR) is 145 cm³/mol. The summed E-state index contributed by atoms with van der Waals surface area (Å²) in [6.45, 7) is 10.6. The first kappa shape index (κ1) is 25.0. The van der Waals surface area contributed by atoms with Gasteiger partial charge in [-0.1, -0.05) is 38.5 Å². The second-order valence-electron chi connectivity index (χ2n) is 10.3. The second kappa shape index (κ2) is 10.0. The summed E-state index contributed by atoms with van der Waals surface area (Å²) in [7, 11) is 0. The van der Waals surface area contributed by atoms with Gasteiger partial charge in [-0.25, -0.2) is 4.68 Å². The molecular weight excluding hydrogens is 492 g/mol. The number of fused-ring (bicyclic) bond motifs is 1. The lowest BCUT2D eigenvalue weighted by atomic mass is 9.87. The summed E-state index contributed by atoms with van der Waals surface area (Å²) in [5.41, 5.74) is 4.89. The molecule has 3 aromatic rings. The zero-order valence-electron chi connectivity index (χ0n) is 21.2. The van der Waals surface area contributed by atoms with Gasteiger partial charge >= 0.3 is 0 Å². The van der Waals surface area contributed by atoms with Gasteiger partial charge in [0.1, 0.15) is 12.4 Å².